The summed E-state index contributed by atoms with van der Waals surface area (Å²) in [4.78, 5) is 0. The van der Waals surface area contributed by atoms with Gasteiger partial charge in [-0.2, -0.15) is 0 Å². The topological polar surface area (TPSA) is 30.5 Å². The zero-order valence-electron chi connectivity index (χ0n) is 14.6. The van der Waals surface area contributed by atoms with E-state index in [-0.39, 0.29) is 0 Å². The molecule has 0 aromatic heterocycles. The molecule has 1 fully saturated rings. The van der Waals surface area contributed by atoms with Crippen molar-refractivity contribution in [3.05, 3.63) is 40.6 Å². The summed E-state index contributed by atoms with van der Waals surface area (Å²) in [6.07, 6.45) is -1.13. The average Bonchev–Trinajstić information content (AvgIpc) is 2.66. The van der Waals surface area contributed by atoms with Gasteiger partial charge >= 0.3 is 7.12 Å². The fraction of sp³-hybridized carbons (Fsp3) is 0.529. The average molecular weight is 341 g/mol. The summed E-state index contributed by atoms with van der Waals surface area (Å²) >= 11 is 0. The fourth-order valence-corrected chi connectivity index (χ4v) is 2.43. The largest absolute Gasteiger partial charge is 0.491 e. The Bertz CT molecular complexity index is 616. The molecular formula is C17H23BF3NO2. The van der Waals surface area contributed by atoms with Crippen molar-refractivity contribution in [1.82, 2.24) is 5.32 Å². The van der Waals surface area contributed by atoms with Gasteiger partial charge in [-0.3, -0.25) is 0 Å². The first-order valence-electron chi connectivity index (χ1n) is 7.85. The molecule has 132 valence electrons. The first-order valence-corrected chi connectivity index (χ1v) is 7.85. The molecule has 1 aromatic rings. The fourth-order valence-electron chi connectivity index (χ4n) is 2.43. The third kappa shape index (κ3) is 3.84. The molecule has 2 rings (SSSR count). The lowest BCUT2D eigenvalue weighted by Gasteiger charge is -2.32. The molecule has 0 spiro atoms. The molecule has 24 heavy (non-hydrogen) atoms. The zero-order valence-corrected chi connectivity index (χ0v) is 14.6. The normalized spacial score (nSPS) is 20.0. The maximum atomic E-state index is 13.8. The van der Waals surface area contributed by atoms with Gasteiger partial charge in [0.15, 0.2) is 0 Å². The number of rotatable bonds is 5. The van der Waals surface area contributed by atoms with Gasteiger partial charge in [-0.15, -0.1) is 0 Å². The van der Waals surface area contributed by atoms with Crippen molar-refractivity contribution in [2.24, 2.45) is 0 Å². The van der Waals surface area contributed by atoms with Gasteiger partial charge in [0, 0.05) is 6.54 Å². The van der Waals surface area contributed by atoms with E-state index in [2.05, 4.69) is 5.32 Å². The van der Waals surface area contributed by atoms with Crippen LogP contribution in [0.25, 0.3) is 6.08 Å². The quantitative estimate of drug-likeness (QED) is 0.822. The van der Waals surface area contributed by atoms with Crippen LogP contribution in [0.15, 0.2) is 23.7 Å². The highest BCUT2D eigenvalue weighted by atomic mass is 19.3. The second-order valence-corrected chi connectivity index (χ2v) is 6.92. The molecular weight excluding hydrogens is 318 g/mol. The first kappa shape index (κ1) is 19.0. The lowest BCUT2D eigenvalue weighted by Crippen LogP contribution is -2.41. The Kier molecular flexibility index (Phi) is 5.47. The van der Waals surface area contributed by atoms with Crippen LogP contribution in [0.3, 0.4) is 0 Å². The van der Waals surface area contributed by atoms with Crippen molar-refractivity contribution in [2.45, 2.75) is 45.3 Å². The third-order valence-corrected chi connectivity index (χ3v) is 4.55. The number of nitrogens with one attached hydrogen (secondary N) is 1. The molecule has 0 aliphatic carbocycles. The smallest absolute Gasteiger partial charge is 0.400 e. The Labute approximate surface area is 141 Å². The van der Waals surface area contributed by atoms with E-state index in [4.69, 9.17) is 9.31 Å². The number of benzene rings is 1. The highest BCUT2D eigenvalue weighted by Gasteiger charge is 2.52. The monoisotopic (exact) mass is 341 g/mol. The molecule has 1 N–H and O–H groups in total. The summed E-state index contributed by atoms with van der Waals surface area (Å²) in [5.41, 5.74) is -0.333. The molecule has 0 radical (unpaired) electrons. The molecule has 1 heterocycles. The molecule has 0 unspecified atom stereocenters. The van der Waals surface area contributed by atoms with Gasteiger partial charge in [-0.1, -0.05) is 12.1 Å². The number of halogens is 3. The van der Waals surface area contributed by atoms with Crippen LogP contribution in [0.5, 0.6) is 0 Å². The molecule has 0 bridgehead atoms. The second kappa shape index (κ2) is 6.90. The van der Waals surface area contributed by atoms with Crippen molar-refractivity contribution >= 4 is 13.2 Å². The van der Waals surface area contributed by atoms with Gasteiger partial charge in [0.25, 0.3) is 6.43 Å². The van der Waals surface area contributed by atoms with Crippen molar-refractivity contribution in [3.8, 4) is 0 Å². The molecule has 1 saturated heterocycles. The summed E-state index contributed by atoms with van der Waals surface area (Å²) < 4.78 is 51.1. The van der Waals surface area contributed by atoms with Crippen LogP contribution >= 0.6 is 0 Å². The van der Waals surface area contributed by atoms with Gasteiger partial charge in [0.1, 0.15) is 5.82 Å². The van der Waals surface area contributed by atoms with Crippen molar-refractivity contribution in [1.29, 1.82) is 0 Å². The van der Waals surface area contributed by atoms with E-state index in [1.165, 1.54) is 6.07 Å². The van der Waals surface area contributed by atoms with E-state index < -0.39 is 36.1 Å². The van der Waals surface area contributed by atoms with Crippen LogP contribution in [0.4, 0.5) is 13.2 Å². The predicted octanol–water partition coefficient (Wildman–Crippen LogP) is 4.00. The van der Waals surface area contributed by atoms with E-state index in [9.17, 15) is 13.2 Å². The molecule has 1 aliphatic rings. The Hall–Kier alpha value is -1.31. The number of likely N-dealkylation sites (N-methyl/N-ethyl adjacent to an activating group) is 1. The molecule has 3 nitrogen and oxygen atoms in total. The van der Waals surface area contributed by atoms with Gasteiger partial charge < -0.3 is 14.6 Å². The molecule has 0 atom stereocenters. The van der Waals surface area contributed by atoms with Gasteiger partial charge in [-0.25, -0.2) is 13.2 Å². The molecule has 0 saturated carbocycles. The Balaban J connectivity index is 2.31. The standard InChI is InChI=1S/C17H23BF3NO2/c1-16(2)17(3,4)24-18(23-16)12(10-22-5)8-11-6-7-13(15(20)21)14(19)9-11/h6-9,15,22H,10H2,1-5H3. The van der Waals surface area contributed by atoms with E-state index in [0.717, 1.165) is 17.6 Å². The summed E-state index contributed by atoms with van der Waals surface area (Å²) in [6, 6.07) is 3.67. The lowest BCUT2D eigenvalue weighted by atomic mass is 9.77. The first-order chi connectivity index (χ1) is 11.1. The molecule has 7 heteroatoms. The zero-order chi connectivity index (χ0) is 18.1. The Morgan fingerprint density at radius 2 is 1.79 bits per heavy atom. The number of hydrogen-bond acceptors (Lipinski definition) is 3. The van der Waals surface area contributed by atoms with Gasteiger partial charge in [-0.05, 0) is 57.9 Å². The highest BCUT2D eigenvalue weighted by Crippen LogP contribution is 2.38. The van der Waals surface area contributed by atoms with E-state index in [0.29, 0.717) is 12.1 Å². The van der Waals surface area contributed by atoms with E-state index >= 15 is 0 Å². The maximum absolute atomic E-state index is 13.8. The number of hydrogen-bond donors (Lipinski definition) is 1. The SMILES string of the molecule is CNCC(=Cc1ccc(C(F)F)c(F)c1)B1OC(C)(C)C(C)(C)O1. The minimum Gasteiger partial charge on any atom is -0.400 e. The molecule has 0 amide bonds. The van der Waals surface area contributed by atoms with Gasteiger partial charge in [0.2, 0.25) is 0 Å². The Morgan fingerprint density at radius 1 is 1.21 bits per heavy atom. The minimum absolute atomic E-state index is 0.467. The van der Waals surface area contributed by atoms with Crippen LogP contribution in [-0.4, -0.2) is 31.9 Å². The predicted molar refractivity (Wildman–Crippen MR) is 89.3 cm³/mol. The van der Waals surface area contributed by atoms with Crippen molar-refractivity contribution in [2.75, 3.05) is 13.6 Å². The van der Waals surface area contributed by atoms with Crippen LogP contribution in [0.2, 0.25) is 0 Å². The van der Waals surface area contributed by atoms with Crippen molar-refractivity contribution in [3.63, 3.8) is 0 Å². The minimum atomic E-state index is -2.83. The summed E-state index contributed by atoms with van der Waals surface area (Å²) in [7, 11) is 1.19. The van der Waals surface area contributed by atoms with Crippen LogP contribution in [0, 0.1) is 5.82 Å². The van der Waals surface area contributed by atoms with E-state index in [1.54, 1.807) is 13.1 Å². The molecule has 1 aliphatic heterocycles. The molecule has 1 aromatic carbocycles. The lowest BCUT2D eigenvalue weighted by molar-refractivity contribution is 0.00578. The summed E-state index contributed by atoms with van der Waals surface area (Å²) in [5, 5.41) is 3.02. The number of alkyl halides is 2. The summed E-state index contributed by atoms with van der Waals surface area (Å²) in [6.45, 7) is 8.25. The van der Waals surface area contributed by atoms with Gasteiger partial charge in [0.05, 0.1) is 16.8 Å². The highest BCUT2D eigenvalue weighted by molar-refractivity contribution is 6.55. The van der Waals surface area contributed by atoms with Crippen LogP contribution in [-0.2, 0) is 9.31 Å². The third-order valence-electron chi connectivity index (χ3n) is 4.55. The second-order valence-electron chi connectivity index (χ2n) is 6.92. The maximum Gasteiger partial charge on any atom is 0.491 e. The van der Waals surface area contributed by atoms with Crippen molar-refractivity contribution < 1.29 is 22.5 Å². The summed E-state index contributed by atoms with van der Waals surface area (Å²) in [5.74, 6) is -0.920. The Morgan fingerprint density at radius 3 is 2.25 bits per heavy atom. The van der Waals surface area contributed by atoms with Crippen LogP contribution in [0.1, 0.15) is 45.2 Å². The van der Waals surface area contributed by atoms with Crippen LogP contribution < -0.4 is 5.32 Å². The van der Waals surface area contributed by atoms with E-state index in [1.807, 2.05) is 27.7 Å².